The molecule has 1 aromatic heterocycles. The lowest BCUT2D eigenvalue weighted by Crippen LogP contribution is -2.47. The molecule has 2 amide bonds. The second-order valence-corrected chi connectivity index (χ2v) is 16.9. The highest BCUT2D eigenvalue weighted by Gasteiger charge is 2.38. The molecule has 304 valence electrons. The number of likely N-dealkylation sites (N-methyl/N-ethyl adjacent to an activating group) is 1. The number of esters is 2. The highest BCUT2D eigenvalue weighted by Crippen LogP contribution is 2.38. The normalized spacial score (nSPS) is 18.8. The molecule has 0 spiro atoms. The number of piperidine rings is 1. The monoisotopic (exact) mass is 784 g/mol. The lowest BCUT2D eigenvalue weighted by atomic mass is 9.87. The molecule has 0 unspecified atom stereocenters. The first kappa shape index (κ1) is 44.0. The summed E-state index contributed by atoms with van der Waals surface area (Å²) in [5.74, 6) is -2.25. The number of aromatic nitrogens is 1. The molecule has 2 aromatic rings. The molecule has 11 nitrogen and oxygen atoms in total. The van der Waals surface area contributed by atoms with Crippen LogP contribution in [0, 0.1) is 36.4 Å². The molecule has 2 heterocycles. The third-order valence-corrected chi connectivity index (χ3v) is 12.0. The molecule has 55 heavy (non-hydrogen) atoms. The molecule has 6 atom stereocenters. The van der Waals surface area contributed by atoms with Gasteiger partial charge >= 0.3 is 11.9 Å². The molecule has 1 aromatic carbocycles. The summed E-state index contributed by atoms with van der Waals surface area (Å²) in [6.07, 6.45) is 5.95. The summed E-state index contributed by atoms with van der Waals surface area (Å²) in [4.78, 5) is 74.9. The molecule has 4 rings (SSSR count). The van der Waals surface area contributed by atoms with E-state index in [-0.39, 0.29) is 66.9 Å². The Hall–Kier alpha value is -3.71. The molecule has 13 heteroatoms. The number of rotatable bonds is 20. The first-order chi connectivity index (χ1) is 26.1. The van der Waals surface area contributed by atoms with E-state index in [2.05, 4.69) is 22.1 Å². The van der Waals surface area contributed by atoms with Gasteiger partial charge in [-0.05, 0) is 87.2 Å². The number of thiazole rings is 1. The third kappa shape index (κ3) is 12.9. The van der Waals surface area contributed by atoms with Gasteiger partial charge in [0.05, 0.1) is 19.1 Å². The number of carbonyl (C=O) groups is 5. The zero-order valence-corrected chi connectivity index (χ0v) is 34.7. The van der Waals surface area contributed by atoms with E-state index < -0.39 is 41.8 Å². The van der Waals surface area contributed by atoms with Gasteiger partial charge in [-0.25, -0.2) is 9.37 Å². The van der Waals surface area contributed by atoms with Gasteiger partial charge in [-0.1, -0.05) is 53.0 Å². The average Bonchev–Trinajstić information content (AvgIpc) is 3.81. The maximum Gasteiger partial charge on any atom is 0.308 e. The van der Waals surface area contributed by atoms with Gasteiger partial charge in [0.2, 0.25) is 5.91 Å². The Labute approximate surface area is 330 Å². The first-order valence-corrected chi connectivity index (χ1v) is 20.8. The Morgan fingerprint density at radius 2 is 1.80 bits per heavy atom. The van der Waals surface area contributed by atoms with Crippen LogP contribution in [0.5, 0.6) is 0 Å². The van der Waals surface area contributed by atoms with Crippen molar-refractivity contribution in [3.8, 4) is 0 Å². The molecule has 0 bridgehead atoms. The molecule has 1 N–H and O–H groups in total. The highest BCUT2D eigenvalue weighted by molar-refractivity contribution is 7.09. The second kappa shape index (κ2) is 20.5. The maximum absolute atomic E-state index is 14.3. The van der Waals surface area contributed by atoms with Crippen LogP contribution in [0.4, 0.5) is 4.39 Å². The Kier molecular flexibility index (Phi) is 16.4. The van der Waals surface area contributed by atoms with E-state index in [4.69, 9.17) is 9.47 Å². The van der Waals surface area contributed by atoms with Crippen LogP contribution >= 0.6 is 11.3 Å². The molecule has 2 aliphatic rings. The lowest BCUT2D eigenvalue weighted by molar-refractivity contribution is -0.149. The zero-order valence-electron chi connectivity index (χ0n) is 33.9. The Balaban J connectivity index is 1.51. The molecule has 1 aliphatic heterocycles. The Bertz CT molecular complexity index is 1620. The first-order valence-electron chi connectivity index (χ1n) is 19.9. The minimum atomic E-state index is -0.832. The van der Waals surface area contributed by atoms with Gasteiger partial charge in [-0.3, -0.25) is 28.9 Å². The van der Waals surface area contributed by atoms with Crippen LogP contribution in [0.25, 0.3) is 0 Å². The Morgan fingerprint density at radius 1 is 1.07 bits per heavy atom. The van der Waals surface area contributed by atoms with Gasteiger partial charge in [0.25, 0.3) is 5.91 Å². The molecule has 0 radical (unpaired) electrons. The highest BCUT2D eigenvalue weighted by atomic mass is 32.1. The third-order valence-electron chi connectivity index (χ3n) is 11.1. The van der Waals surface area contributed by atoms with Crippen molar-refractivity contribution in [1.82, 2.24) is 20.1 Å². The van der Waals surface area contributed by atoms with E-state index in [1.807, 2.05) is 19.9 Å². The van der Waals surface area contributed by atoms with E-state index in [9.17, 15) is 28.4 Å². The molecule has 2 fully saturated rings. The zero-order chi connectivity index (χ0) is 40.4. The van der Waals surface area contributed by atoms with Crippen LogP contribution < -0.4 is 5.32 Å². The van der Waals surface area contributed by atoms with Gasteiger partial charge in [-0.2, -0.15) is 0 Å². The quantitative estimate of drug-likeness (QED) is 0.143. The fraction of sp³-hybridized carbons (Fsp3) is 0.667. The van der Waals surface area contributed by atoms with Crippen molar-refractivity contribution in [2.24, 2.45) is 23.7 Å². The number of nitrogens with zero attached hydrogens (tertiary/aromatic N) is 3. The van der Waals surface area contributed by atoms with Crippen molar-refractivity contribution in [2.45, 2.75) is 130 Å². The van der Waals surface area contributed by atoms with Crippen molar-refractivity contribution < 1.29 is 37.8 Å². The minimum Gasteiger partial charge on any atom is -0.469 e. The van der Waals surface area contributed by atoms with Crippen molar-refractivity contribution in [3.05, 3.63) is 51.2 Å². The van der Waals surface area contributed by atoms with Crippen molar-refractivity contribution in [3.63, 3.8) is 0 Å². The van der Waals surface area contributed by atoms with E-state index >= 15 is 0 Å². The number of aryl methyl sites for hydroxylation is 1. The molecule has 1 saturated carbocycles. The van der Waals surface area contributed by atoms with E-state index in [1.54, 1.807) is 31.2 Å². The number of amides is 2. The SMILES string of the molecule is CCN1CCCC[C@@H]1C(=O)C[C@@H](CC1CC1)C(=O)N(C)[C@H](C[C@@H](OC(C)=O)c1nc(C(=O)N[C@@H](Cc2cc(C)cc(F)c2)C[C@H](C)C(=O)OC)cs1)C(C)C. The molecular weight excluding hydrogens is 724 g/mol. The maximum atomic E-state index is 14.3. The smallest absolute Gasteiger partial charge is 0.308 e. The summed E-state index contributed by atoms with van der Waals surface area (Å²) in [7, 11) is 3.08. The van der Waals surface area contributed by atoms with Gasteiger partial charge in [-0.15, -0.1) is 11.3 Å². The average molecular weight is 785 g/mol. The van der Waals surface area contributed by atoms with Crippen LogP contribution in [0.2, 0.25) is 0 Å². The van der Waals surface area contributed by atoms with Crippen LogP contribution in [0.3, 0.4) is 0 Å². The number of carbonyl (C=O) groups excluding carboxylic acids is 5. The standard InChI is InChI=1S/C42H61FN4O7S/c1-9-47-15-11-10-12-35(47)37(49)22-31(19-29-13-14-29)41(51)46(7)36(25(2)3)23-38(54-28(6)48)40-45-34(24-55-40)39(50)44-33(18-27(5)42(52)53-8)21-30-16-26(4)17-32(43)20-30/h16-17,20,24-25,27,29,31,33,35-36,38H,9-15,18-19,21-23H2,1-8H3,(H,44,50)/t27-,31+,33+,35+,36+,38+/m0/s1. The number of ketones is 1. The number of hydrogen-bond acceptors (Lipinski definition) is 10. The fourth-order valence-corrected chi connectivity index (χ4v) is 8.86. The van der Waals surface area contributed by atoms with E-state index in [1.165, 1.54) is 37.5 Å². The van der Waals surface area contributed by atoms with E-state index in [0.29, 0.717) is 22.9 Å². The largest absolute Gasteiger partial charge is 0.469 e. The van der Waals surface area contributed by atoms with E-state index in [0.717, 1.165) is 50.8 Å². The number of hydrogen-bond donors (Lipinski definition) is 1. The van der Waals surface area contributed by atoms with Crippen LogP contribution in [-0.4, -0.2) is 89.7 Å². The predicted octanol–water partition coefficient (Wildman–Crippen LogP) is 6.86. The van der Waals surface area contributed by atoms with Gasteiger partial charge in [0, 0.05) is 50.2 Å². The predicted molar refractivity (Wildman–Crippen MR) is 210 cm³/mol. The van der Waals surface area contributed by atoms with Gasteiger partial charge in [0.15, 0.2) is 11.9 Å². The lowest BCUT2D eigenvalue weighted by Gasteiger charge is -2.37. The van der Waals surface area contributed by atoms with Crippen molar-refractivity contribution >= 4 is 40.9 Å². The fourth-order valence-electron chi connectivity index (χ4n) is 8.02. The summed E-state index contributed by atoms with van der Waals surface area (Å²) >= 11 is 1.18. The number of halogens is 1. The van der Waals surface area contributed by atoms with Crippen LogP contribution in [0.1, 0.15) is 125 Å². The molecule has 1 aliphatic carbocycles. The topological polar surface area (TPSA) is 135 Å². The summed E-state index contributed by atoms with van der Waals surface area (Å²) in [5.41, 5.74) is 1.52. The number of benzene rings is 1. The Morgan fingerprint density at radius 3 is 2.42 bits per heavy atom. The van der Waals surface area contributed by atoms with Crippen LogP contribution in [-0.2, 0) is 35.1 Å². The summed E-state index contributed by atoms with van der Waals surface area (Å²) < 4.78 is 25.0. The van der Waals surface area contributed by atoms with Gasteiger partial charge < -0.3 is 19.7 Å². The number of likely N-dealkylation sites (tertiary alicyclic amines) is 1. The second-order valence-electron chi connectivity index (χ2n) is 16.0. The number of nitrogens with one attached hydrogen (secondary N) is 1. The number of ether oxygens (including phenoxy) is 2. The minimum absolute atomic E-state index is 0.0232. The number of Topliss-reactive ketones (excluding diaryl/α,β-unsaturated/α-hetero) is 1. The summed E-state index contributed by atoms with van der Waals surface area (Å²) in [6, 6.07) is 3.64. The van der Waals surface area contributed by atoms with Gasteiger partial charge in [0.1, 0.15) is 16.5 Å². The summed E-state index contributed by atoms with van der Waals surface area (Å²) in [6.45, 7) is 12.6. The number of methoxy groups -OCH3 is 1. The molecular formula is C42H61FN4O7S. The van der Waals surface area contributed by atoms with Crippen molar-refractivity contribution in [1.29, 1.82) is 0 Å². The summed E-state index contributed by atoms with van der Waals surface area (Å²) in [5, 5.41) is 4.98. The van der Waals surface area contributed by atoms with Crippen LogP contribution in [0.15, 0.2) is 23.6 Å². The van der Waals surface area contributed by atoms with Crippen molar-refractivity contribution in [2.75, 3.05) is 27.2 Å². The molecule has 1 saturated heterocycles.